The van der Waals surface area contributed by atoms with Crippen LogP contribution in [0.3, 0.4) is 0 Å². The zero-order chi connectivity index (χ0) is 12.3. The molecule has 0 N–H and O–H groups in total. The summed E-state index contributed by atoms with van der Waals surface area (Å²) in [6.07, 6.45) is 3.21. The molecule has 1 atom stereocenters. The molecule has 2 nitrogen and oxygen atoms in total. The molecule has 2 heteroatoms. The van der Waals surface area contributed by atoms with Crippen molar-refractivity contribution in [3.05, 3.63) is 0 Å². The molecule has 0 saturated heterocycles. The Bertz CT molecular complexity index is 223. The molecule has 0 heterocycles. The van der Waals surface area contributed by atoms with Gasteiger partial charge in [-0.25, -0.2) is 0 Å². The summed E-state index contributed by atoms with van der Waals surface area (Å²) in [6, 6.07) is 0. The van der Waals surface area contributed by atoms with E-state index in [1.165, 1.54) is 0 Å². The third-order valence-corrected chi connectivity index (χ3v) is 3.86. The highest BCUT2D eigenvalue weighted by Gasteiger charge is 2.34. The van der Waals surface area contributed by atoms with Crippen LogP contribution < -0.4 is 0 Å². The maximum Gasteiger partial charge on any atom is 0.219 e. The van der Waals surface area contributed by atoms with Crippen molar-refractivity contribution in [3.63, 3.8) is 0 Å². The maximum atomic E-state index is 11.4. The summed E-state index contributed by atoms with van der Waals surface area (Å²) in [7, 11) is 1.91. The second kappa shape index (κ2) is 5.00. The predicted octanol–water partition coefficient (Wildman–Crippen LogP) is 3.46. The summed E-state index contributed by atoms with van der Waals surface area (Å²) in [4.78, 5) is 13.3. The molecule has 15 heavy (non-hydrogen) atoms. The van der Waals surface area contributed by atoms with Gasteiger partial charge in [0.05, 0.1) is 0 Å². The van der Waals surface area contributed by atoms with Crippen molar-refractivity contribution >= 4 is 5.91 Å². The molecule has 0 aromatic heterocycles. The van der Waals surface area contributed by atoms with Gasteiger partial charge in [-0.1, -0.05) is 34.1 Å². The molecule has 0 radical (unpaired) electrons. The molecule has 0 aliphatic heterocycles. The Balaban J connectivity index is 4.79. The van der Waals surface area contributed by atoms with Gasteiger partial charge in [-0.2, -0.15) is 0 Å². The van der Waals surface area contributed by atoms with Crippen LogP contribution in [0, 0.1) is 5.41 Å². The number of hydrogen-bond acceptors (Lipinski definition) is 1. The van der Waals surface area contributed by atoms with Gasteiger partial charge in [0.15, 0.2) is 0 Å². The zero-order valence-corrected chi connectivity index (χ0v) is 11.5. The van der Waals surface area contributed by atoms with E-state index in [1.807, 2.05) is 11.9 Å². The van der Waals surface area contributed by atoms with E-state index in [0.717, 1.165) is 19.3 Å². The topological polar surface area (TPSA) is 20.3 Å². The third-order valence-electron chi connectivity index (χ3n) is 3.86. The van der Waals surface area contributed by atoms with E-state index in [1.54, 1.807) is 6.92 Å². The molecule has 0 fully saturated rings. The first-order chi connectivity index (χ1) is 6.68. The van der Waals surface area contributed by atoms with E-state index < -0.39 is 0 Å². The fourth-order valence-electron chi connectivity index (χ4n) is 2.02. The molecule has 0 aromatic rings. The molecule has 0 aliphatic rings. The molecule has 0 bridgehead atoms. The summed E-state index contributed by atoms with van der Waals surface area (Å²) in [5, 5.41) is 0. The number of amides is 1. The minimum absolute atomic E-state index is 0.00859. The van der Waals surface area contributed by atoms with Crippen LogP contribution in [0.25, 0.3) is 0 Å². The lowest BCUT2D eigenvalue weighted by molar-refractivity contribution is -0.134. The van der Waals surface area contributed by atoms with E-state index >= 15 is 0 Å². The molecular formula is C13H27NO. The average molecular weight is 213 g/mol. The van der Waals surface area contributed by atoms with Crippen molar-refractivity contribution < 1.29 is 4.79 Å². The minimum Gasteiger partial charge on any atom is -0.341 e. The highest BCUT2D eigenvalue weighted by Crippen LogP contribution is 2.35. The lowest BCUT2D eigenvalue weighted by Gasteiger charge is -2.43. The molecule has 0 aliphatic carbocycles. The molecule has 1 unspecified atom stereocenters. The Morgan fingerprint density at radius 2 is 1.60 bits per heavy atom. The molecule has 0 saturated carbocycles. The molecule has 1 amide bonds. The Hall–Kier alpha value is -0.530. The van der Waals surface area contributed by atoms with Crippen molar-refractivity contribution in [1.29, 1.82) is 0 Å². The lowest BCUT2D eigenvalue weighted by Crippen LogP contribution is -2.48. The van der Waals surface area contributed by atoms with Gasteiger partial charge >= 0.3 is 0 Å². The van der Waals surface area contributed by atoms with Crippen molar-refractivity contribution in [2.24, 2.45) is 5.41 Å². The van der Waals surface area contributed by atoms with Crippen molar-refractivity contribution in [2.45, 2.75) is 66.3 Å². The third kappa shape index (κ3) is 3.84. The van der Waals surface area contributed by atoms with Crippen LogP contribution in [0.4, 0.5) is 0 Å². The van der Waals surface area contributed by atoms with Gasteiger partial charge < -0.3 is 4.90 Å². The van der Waals surface area contributed by atoms with E-state index in [2.05, 4.69) is 34.6 Å². The Labute approximate surface area is 95.0 Å². The van der Waals surface area contributed by atoms with E-state index in [4.69, 9.17) is 0 Å². The molecule has 0 rings (SSSR count). The fourth-order valence-corrected chi connectivity index (χ4v) is 2.02. The van der Waals surface area contributed by atoms with Crippen molar-refractivity contribution in [1.82, 2.24) is 4.90 Å². The Kier molecular flexibility index (Phi) is 4.82. The number of nitrogens with zero attached hydrogens (tertiary/aromatic N) is 1. The van der Waals surface area contributed by atoms with E-state index in [9.17, 15) is 4.79 Å². The van der Waals surface area contributed by atoms with E-state index in [0.29, 0.717) is 5.41 Å². The summed E-state index contributed by atoms with van der Waals surface area (Å²) < 4.78 is 0. The van der Waals surface area contributed by atoms with Crippen LogP contribution in [-0.2, 0) is 4.79 Å². The number of rotatable bonds is 5. The fraction of sp³-hybridized carbons (Fsp3) is 0.923. The summed E-state index contributed by atoms with van der Waals surface area (Å²) in [6.45, 7) is 12.7. The normalized spacial score (nSPS) is 15.9. The van der Waals surface area contributed by atoms with Crippen molar-refractivity contribution in [2.75, 3.05) is 7.05 Å². The highest BCUT2D eigenvalue weighted by molar-refractivity contribution is 5.73. The van der Waals surface area contributed by atoms with Gasteiger partial charge in [0.25, 0.3) is 0 Å². The van der Waals surface area contributed by atoms with Crippen LogP contribution in [0.1, 0.15) is 60.8 Å². The SMILES string of the molecule is CCC(C)(C)CC(C)(CC)N(C)C(C)=O. The maximum absolute atomic E-state index is 11.4. The summed E-state index contributed by atoms with van der Waals surface area (Å²) in [5.74, 6) is 0.159. The van der Waals surface area contributed by atoms with Gasteiger partial charge in [-0.05, 0) is 25.2 Å². The molecule has 90 valence electrons. The van der Waals surface area contributed by atoms with Crippen LogP contribution in [-0.4, -0.2) is 23.4 Å². The van der Waals surface area contributed by atoms with Crippen LogP contribution >= 0.6 is 0 Å². The highest BCUT2D eigenvalue weighted by atomic mass is 16.2. The minimum atomic E-state index is -0.00859. The number of carbonyl (C=O) groups excluding carboxylic acids is 1. The first-order valence-electron chi connectivity index (χ1n) is 5.93. The second-order valence-corrected chi connectivity index (χ2v) is 5.62. The zero-order valence-electron chi connectivity index (χ0n) is 11.5. The molecular weight excluding hydrogens is 186 g/mol. The lowest BCUT2D eigenvalue weighted by atomic mass is 9.75. The second-order valence-electron chi connectivity index (χ2n) is 5.62. The van der Waals surface area contributed by atoms with Crippen LogP contribution in [0.5, 0.6) is 0 Å². The van der Waals surface area contributed by atoms with Gasteiger partial charge in [0.2, 0.25) is 5.91 Å². The first kappa shape index (κ1) is 14.5. The van der Waals surface area contributed by atoms with Crippen LogP contribution in [0.2, 0.25) is 0 Å². The van der Waals surface area contributed by atoms with Crippen LogP contribution in [0.15, 0.2) is 0 Å². The molecule has 0 spiro atoms. The van der Waals surface area contributed by atoms with Gasteiger partial charge in [-0.3, -0.25) is 4.79 Å². The van der Waals surface area contributed by atoms with Crippen molar-refractivity contribution in [3.8, 4) is 0 Å². The molecule has 0 aromatic carbocycles. The summed E-state index contributed by atoms with van der Waals surface area (Å²) in [5.41, 5.74) is 0.291. The summed E-state index contributed by atoms with van der Waals surface area (Å²) >= 11 is 0. The number of carbonyl (C=O) groups is 1. The van der Waals surface area contributed by atoms with Gasteiger partial charge in [0, 0.05) is 19.5 Å². The quantitative estimate of drug-likeness (QED) is 0.685. The Morgan fingerprint density at radius 3 is 1.87 bits per heavy atom. The average Bonchev–Trinajstić information content (AvgIpc) is 2.15. The Morgan fingerprint density at radius 1 is 1.13 bits per heavy atom. The smallest absolute Gasteiger partial charge is 0.219 e. The first-order valence-corrected chi connectivity index (χ1v) is 5.93. The monoisotopic (exact) mass is 213 g/mol. The largest absolute Gasteiger partial charge is 0.341 e. The predicted molar refractivity (Wildman–Crippen MR) is 65.8 cm³/mol. The van der Waals surface area contributed by atoms with E-state index in [-0.39, 0.29) is 11.4 Å². The number of hydrogen-bond donors (Lipinski definition) is 0. The van der Waals surface area contributed by atoms with Gasteiger partial charge in [0.1, 0.15) is 0 Å². The standard InChI is InChI=1S/C13H27NO/c1-8-12(4,5)10-13(6,9-2)14(7)11(3)15/h8-10H2,1-7H3. The van der Waals surface area contributed by atoms with Gasteiger partial charge in [-0.15, -0.1) is 0 Å².